The fourth-order valence-corrected chi connectivity index (χ4v) is 2.12. The first-order valence-corrected chi connectivity index (χ1v) is 7.13. The molecule has 108 valence electrons. The molecule has 0 bridgehead atoms. The molecule has 2 aromatic rings. The summed E-state index contributed by atoms with van der Waals surface area (Å²) in [5.41, 5.74) is 2.61. The molecule has 0 unspecified atom stereocenters. The van der Waals surface area contributed by atoms with Crippen molar-refractivity contribution in [1.29, 1.82) is 0 Å². The molecule has 20 heavy (non-hydrogen) atoms. The van der Waals surface area contributed by atoms with Crippen LogP contribution in [0.4, 0.5) is 0 Å². The summed E-state index contributed by atoms with van der Waals surface area (Å²) in [6.07, 6.45) is 6.26. The monoisotopic (exact) mass is 273 g/mol. The Bertz CT molecular complexity index is 481. The minimum absolute atomic E-state index is 0.741. The number of benzene rings is 1. The maximum atomic E-state index is 5.00. The van der Waals surface area contributed by atoms with Gasteiger partial charge >= 0.3 is 0 Å². The Labute approximate surface area is 120 Å². The van der Waals surface area contributed by atoms with Gasteiger partial charge in [0.25, 0.3) is 0 Å². The number of ether oxygens (including phenoxy) is 1. The van der Waals surface area contributed by atoms with Gasteiger partial charge < -0.3 is 10.1 Å². The summed E-state index contributed by atoms with van der Waals surface area (Å²) in [6.45, 7) is 3.43. The Morgan fingerprint density at radius 1 is 1.20 bits per heavy atom. The van der Waals surface area contributed by atoms with Crippen LogP contribution in [0, 0.1) is 0 Å². The summed E-state index contributed by atoms with van der Waals surface area (Å²) >= 11 is 0. The van der Waals surface area contributed by atoms with Gasteiger partial charge in [0.2, 0.25) is 0 Å². The zero-order chi connectivity index (χ0) is 14.0. The van der Waals surface area contributed by atoms with Gasteiger partial charge in [-0.05, 0) is 18.4 Å². The van der Waals surface area contributed by atoms with Crippen LogP contribution >= 0.6 is 0 Å². The minimum atomic E-state index is 0.741. The van der Waals surface area contributed by atoms with Gasteiger partial charge in [-0.1, -0.05) is 30.3 Å². The number of nitrogens with zero attached hydrogens (tertiary/aromatic N) is 2. The van der Waals surface area contributed by atoms with E-state index in [-0.39, 0.29) is 0 Å². The van der Waals surface area contributed by atoms with Crippen molar-refractivity contribution >= 4 is 0 Å². The summed E-state index contributed by atoms with van der Waals surface area (Å²) in [6, 6.07) is 10.6. The SMILES string of the molecule is COCCNCc1cnn(CCCc2ccccc2)c1. The molecule has 1 aromatic carbocycles. The van der Waals surface area contributed by atoms with Gasteiger partial charge in [-0.2, -0.15) is 5.10 Å². The Morgan fingerprint density at radius 2 is 2.05 bits per heavy atom. The highest BCUT2D eigenvalue weighted by Gasteiger charge is 1.99. The lowest BCUT2D eigenvalue weighted by atomic mass is 10.1. The number of aromatic nitrogens is 2. The van der Waals surface area contributed by atoms with Crippen LogP contribution in [0.3, 0.4) is 0 Å². The van der Waals surface area contributed by atoms with Crippen LogP contribution < -0.4 is 5.32 Å². The quantitative estimate of drug-likeness (QED) is 0.712. The second-order valence-corrected chi connectivity index (χ2v) is 4.87. The van der Waals surface area contributed by atoms with Crippen molar-refractivity contribution in [2.75, 3.05) is 20.3 Å². The van der Waals surface area contributed by atoms with E-state index in [0.717, 1.165) is 39.1 Å². The van der Waals surface area contributed by atoms with E-state index in [1.54, 1.807) is 7.11 Å². The van der Waals surface area contributed by atoms with Crippen molar-refractivity contribution in [3.05, 3.63) is 53.9 Å². The third kappa shape index (κ3) is 5.15. The maximum absolute atomic E-state index is 5.00. The van der Waals surface area contributed by atoms with E-state index in [4.69, 9.17) is 4.74 Å². The van der Waals surface area contributed by atoms with E-state index >= 15 is 0 Å². The van der Waals surface area contributed by atoms with Gasteiger partial charge in [0.05, 0.1) is 12.8 Å². The first-order chi connectivity index (χ1) is 9.88. The van der Waals surface area contributed by atoms with Crippen LogP contribution in [-0.2, 0) is 24.2 Å². The van der Waals surface area contributed by atoms with E-state index in [1.165, 1.54) is 11.1 Å². The molecule has 0 saturated carbocycles. The average Bonchev–Trinajstić information content (AvgIpc) is 2.93. The zero-order valence-corrected chi connectivity index (χ0v) is 12.1. The van der Waals surface area contributed by atoms with E-state index in [2.05, 4.69) is 46.9 Å². The van der Waals surface area contributed by atoms with Crippen LogP contribution in [0.1, 0.15) is 17.5 Å². The molecular formula is C16H23N3O. The van der Waals surface area contributed by atoms with Crippen LogP contribution in [0.5, 0.6) is 0 Å². The summed E-state index contributed by atoms with van der Waals surface area (Å²) in [4.78, 5) is 0. The van der Waals surface area contributed by atoms with Gasteiger partial charge in [-0.25, -0.2) is 0 Å². The predicted molar refractivity (Wildman–Crippen MR) is 80.6 cm³/mol. The average molecular weight is 273 g/mol. The molecular weight excluding hydrogens is 250 g/mol. The van der Waals surface area contributed by atoms with Gasteiger partial charge in [0, 0.05) is 38.5 Å². The van der Waals surface area contributed by atoms with Crippen LogP contribution in [0.15, 0.2) is 42.7 Å². The van der Waals surface area contributed by atoms with E-state index in [9.17, 15) is 0 Å². The summed E-state index contributed by atoms with van der Waals surface area (Å²) in [5, 5.41) is 7.71. The van der Waals surface area contributed by atoms with Crippen molar-refractivity contribution in [3.8, 4) is 0 Å². The van der Waals surface area contributed by atoms with E-state index in [1.807, 2.05) is 10.9 Å². The fraction of sp³-hybridized carbons (Fsp3) is 0.438. The molecule has 0 aliphatic carbocycles. The summed E-state index contributed by atoms with van der Waals surface area (Å²) in [7, 11) is 1.71. The number of methoxy groups -OCH3 is 1. The van der Waals surface area contributed by atoms with E-state index in [0.29, 0.717) is 0 Å². The summed E-state index contributed by atoms with van der Waals surface area (Å²) in [5.74, 6) is 0. The Morgan fingerprint density at radius 3 is 2.85 bits per heavy atom. The van der Waals surface area contributed by atoms with Gasteiger partial charge in [0.15, 0.2) is 0 Å². The third-order valence-corrected chi connectivity index (χ3v) is 3.19. The smallest absolute Gasteiger partial charge is 0.0587 e. The Kier molecular flexibility index (Phi) is 6.27. The standard InChI is InChI=1S/C16H23N3O/c1-20-11-9-17-12-16-13-18-19(14-16)10-5-8-15-6-3-2-4-7-15/h2-4,6-7,13-14,17H,5,8-12H2,1H3. The fourth-order valence-electron chi connectivity index (χ4n) is 2.12. The molecule has 4 heteroatoms. The molecule has 0 saturated heterocycles. The maximum Gasteiger partial charge on any atom is 0.0587 e. The van der Waals surface area contributed by atoms with Gasteiger partial charge in [-0.15, -0.1) is 0 Å². The van der Waals surface area contributed by atoms with Gasteiger partial charge in [-0.3, -0.25) is 4.68 Å². The molecule has 0 amide bonds. The highest BCUT2D eigenvalue weighted by molar-refractivity contribution is 5.14. The first-order valence-electron chi connectivity index (χ1n) is 7.13. The molecule has 0 atom stereocenters. The molecule has 0 spiro atoms. The Balaban J connectivity index is 1.67. The second-order valence-electron chi connectivity index (χ2n) is 4.87. The first kappa shape index (κ1) is 14.8. The highest BCUT2D eigenvalue weighted by atomic mass is 16.5. The van der Waals surface area contributed by atoms with Crippen LogP contribution in [0.2, 0.25) is 0 Å². The predicted octanol–water partition coefficient (Wildman–Crippen LogP) is 2.25. The van der Waals surface area contributed by atoms with Crippen molar-refractivity contribution < 1.29 is 4.74 Å². The van der Waals surface area contributed by atoms with Crippen molar-refractivity contribution in [2.24, 2.45) is 0 Å². The third-order valence-electron chi connectivity index (χ3n) is 3.19. The number of aryl methyl sites for hydroxylation is 2. The molecule has 1 heterocycles. The number of hydrogen-bond donors (Lipinski definition) is 1. The summed E-state index contributed by atoms with van der Waals surface area (Å²) < 4.78 is 7.02. The topological polar surface area (TPSA) is 39.1 Å². The lowest BCUT2D eigenvalue weighted by Gasteiger charge is -2.02. The van der Waals surface area contributed by atoms with Gasteiger partial charge in [0.1, 0.15) is 0 Å². The number of hydrogen-bond acceptors (Lipinski definition) is 3. The van der Waals surface area contributed by atoms with Crippen molar-refractivity contribution in [2.45, 2.75) is 25.9 Å². The normalized spacial score (nSPS) is 10.8. The molecule has 1 aromatic heterocycles. The number of rotatable bonds is 9. The lowest BCUT2D eigenvalue weighted by Crippen LogP contribution is -2.18. The lowest BCUT2D eigenvalue weighted by molar-refractivity contribution is 0.199. The highest BCUT2D eigenvalue weighted by Crippen LogP contribution is 2.04. The van der Waals surface area contributed by atoms with Crippen LogP contribution in [0.25, 0.3) is 0 Å². The number of nitrogens with one attached hydrogen (secondary N) is 1. The zero-order valence-electron chi connectivity index (χ0n) is 12.1. The molecule has 0 fully saturated rings. The van der Waals surface area contributed by atoms with E-state index < -0.39 is 0 Å². The van der Waals surface area contributed by atoms with Crippen LogP contribution in [-0.4, -0.2) is 30.0 Å². The molecule has 0 radical (unpaired) electrons. The molecule has 4 nitrogen and oxygen atoms in total. The molecule has 0 aliphatic heterocycles. The molecule has 2 rings (SSSR count). The Hall–Kier alpha value is -1.65. The van der Waals surface area contributed by atoms with Crippen molar-refractivity contribution in [3.63, 3.8) is 0 Å². The molecule has 0 aliphatic rings. The second kappa shape index (κ2) is 8.51. The largest absolute Gasteiger partial charge is 0.383 e. The minimum Gasteiger partial charge on any atom is -0.383 e. The molecule has 1 N–H and O–H groups in total. The van der Waals surface area contributed by atoms with Crippen molar-refractivity contribution in [1.82, 2.24) is 15.1 Å².